The highest BCUT2D eigenvalue weighted by molar-refractivity contribution is 7.99. The van der Waals surface area contributed by atoms with Gasteiger partial charge in [-0.1, -0.05) is 72.4 Å². The van der Waals surface area contributed by atoms with Gasteiger partial charge in [0.2, 0.25) is 5.91 Å². The van der Waals surface area contributed by atoms with Crippen molar-refractivity contribution in [1.82, 2.24) is 20.5 Å². The van der Waals surface area contributed by atoms with Gasteiger partial charge in [0.25, 0.3) is 11.1 Å². The fraction of sp³-hybridized carbons (Fsp3) is 0.136. The van der Waals surface area contributed by atoms with Crippen LogP contribution in [0.4, 0.5) is 0 Å². The molecule has 1 atom stereocenters. The van der Waals surface area contributed by atoms with Crippen molar-refractivity contribution in [2.75, 3.05) is 5.75 Å². The number of carbonyl (C=O) groups is 1. The van der Waals surface area contributed by atoms with Crippen LogP contribution in [0.1, 0.15) is 17.2 Å². The first-order chi connectivity index (χ1) is 14.3. The minimum absolute atomic E-state index is 0.0839. The van der Waals surface area contributed by atoms with Crippen molar-refractivity contribution >= 4 is 17.7 Å². The molecule has 7 heteroatoms. The maximum atomic E-state index is 12.6. The van der Waals surface area contributed by atoms with Gasteiger partial charge in [0.15, 0.2) is 0 Å². The highest BCUT2D eigenvalue weighted by Crippen LogP contribution is 2.23. The summed E-state index contributed by atoms with van der Waals surface area (Å²) >= 11 is 1.22. The number of rotatable bonds is 8. The van der Waals surface area contributed by atoms with E-state index < -0.39 is 0 Å². The number of thioether (sulfide) groups is 1. The Balaban J connectivity index is 1.39. The van der Waals surface area contributed by atoms with Gasteiger partial charge in [-0.25, -0.2) is 0 Å². The Morgan fingerprint density at radius 2 is 1.76 bits per heavy atom. The Bertz CT molecular complexity index is 1030. The molecule has 1 unspecified atom stereocenters. The highest BCUT2D eigenvalue weighted by Gasteiger charge is 2.17. The summed E-state index contributed by atoms with van der Waals surface area (Å²) in [5, 5.41) is 11.5. The lowest BCUT2D eigenvalue weighted by Gasteiger charge is -2.19. The first-order valence-electron chi connectivity index (χ1n) is 9.26. The van der Waals surface area contributed by atoms with Crippen LogP contribution in [0, 0.1) is 0 Å². The zero-order valence-electron chi connectivity index (χ0n) is 15.6. The van der Waals surface area contributed by atoms with Gasteiger partial charge < -0.3 is 14.7 Å². The van der Waals surface area contributed by atoms with Gasteiger partial charge in [-0.3, -0.25) is 4.79 Å². The molecular weight excluding hydrogens is 384 g/mol. The van der Waals surface area contributed by atoms with Crippen LogP contribution in [0.15, 0.2) is 88.6 Å². The van der Waals surface area contributed by atoms with Crippen LogP contribution in [-0.4, -0.2) is 26.8 Å². The zero-order valence-corrected chi connectivity index (χ0v) is 16.4. The third kappa shape index (κ3) is 5.14. The Morgan fingerprint density at radius 3 is 2.48 bits per heavy atom. The summed E-state index contributed by atoms with van der Waals surface area (Å²) in [6.07, 6.45) is 2.51. The van der Waals surface area contributed by atoms with E-state index in [1.54, 1.807) is 6.20 Å². The fourth-order valence-electron chi connectivity index (χ4n) is 2.99. The number of aromatic amines is 1. The zero-order chi connectivity index (χ0) is 19.9. The standard InChI is InChI=1S/C22H20N4O2S/c27-20(15-29-22-26-25-21(28-22)18-12-7-13-23-18)24-19(17-10-5-2-6-11-17)14-16-8-3-1-4-9-16/h1-13,19,23H,14-15H2,(H,24,27). The molecule has 2 aromatic carbocycles. The largest absolute Gasteiger partial charge is 0.410 e. The number of aromatic nitrogens is 3. The summed E-state index contributed by atoms with van der Waals surface area (Å²) < 4.78 is 5.59. The lowest BCUT2D eigenvalue weighted by molar-refractivity contribution is -0.119. The number of H-pyrrole nitrogens is 1. The van der Waals surface area contributed by atoms with E-state index in [1.807, 2.05) is 60.7 Å². The molecule has 2 aromatic heterocycles. The van der Waals surface area contributed by atoms with Crippen LogP contribution in [0.2, 0.25) is 0 Å². The van der Waals surface area contributed by atoms with Gasteiger partial charge in [0.05, 0.1) is 11.8 Å². The molecule has 0 spiro atoms. The molecule has 0 saturated carbocycles. The number of hydrogen-bond donors (Lipinski definition) is 2. The van der Waals surface area contributed by atoms with Gasteiger partial charge in [-0.15, -0.1) is 10.2 Å². The number of amides is 1. The molecule has 6 nitrogen and oxygen atoms in total. The van der Waals surface area contributed by atoms with Crippen LogP contribution >= 0.6 is 11.8 Å². The SMILES string of the molecule is O=C(CSc1nnc(-c2ccc[nH]2)o1)NC(Cc1ccccc1)c1ccccc1. The van der Waals surface area contributed by atoms with Crippen molar-refractivity contribution in [3.63, 3.8) is 0 Å². The quantitative estimate of drug-likeness (QED) is 0.429. The average Bonchev–Trinajstić information content (AvgIpc) is 3.45. The lowest BCUT2D eigenvalue weighted by atomic mass is 9.99. The summed E-state index contributed by atoms with van der Waals surface area (Å²) in [7, 11) is 0. The van der Waals surface area contributed by atoms with Crippen LogP contribution in [-0.2, 0) is 11.2 Å². The van der Waals surface area contributed by atoms with E-state index in [4.69, 9.17) is 4.42 Å². The fourth-order valence-corrected chi connectivity index (χ4v) is 3.57. The normalized spacial score (nSPS) is 11.9. The topological polar surface area (TPSA) is 83.8 Å². The molecule has 1 amide bonds. The lowest BCUT2D eigenvalue weighted by Crippen LogP contribution is -2.31. The predicted molar refractivity (Wildman–Crippen MR) is 112 cm³/mol. The monoisotopic (exact) mass is 404 g/mol. The van der Waals surface area contributed by atoms with Crippen LogP contribution in [0.5, 0.6) is 0 Å². The maximum Gasteiger partial charge on any atom is 0.277 e. The molecule has 2 N–H and O–H groups in total. The second kappa shape index (κ2) is 9.25. The van der Waals surface area contributed by atoms with Gasteiger partial charge in [0, 0.05) is 6.20 Å². The minimum Gasteiger partial charge on any atom is -0.410 e. The molecule has 4 rings (SSSR count). The second-order valence-corrected chi connectivity index (χ2v) is 7.39. The van der Waals surface area contributed by atoms with Crippen molar-refractivity contribution in [2.45, 2.75) is 17.7 Å². The second-order valence-electron chi connectivity index (χ2n) is 6.47. The molecule has 0 saturated heterocycles. The number of carbonyl (C=O) groups excluding carboxylic acids is 1. The summed E-state index contributed by atoms with van der Waals surface area (Å²) in [5.74, 6) is 0.522. The summed E-state index contributed by atoms with van der Waals surface area (Å²) in [6, 6.07) is 23.7. The number of hydrogen-bond acceptors (Lipinski definition) is 5. The van der Waals surface area contributed by atoms with Gasteiger partial charge in [-0.2, -0.15) is 0 Å². The van der Waals surface area contributed by atoms with Crippen LogP contribution in [0.3, 0.4) is 0 Å². The first-order valence-corrected chi connectivity index (χ1v) is 10.2. The Labute approximate surface area is 172 Å². The molecule has 0 fully saturated rings. The van der Waals surface area contributed by atoms with Crippen molar-refractivity contribution < 1.29 is 9.21 Å². The molecule has 0 aliphatic rings. The molecule has 0 bridgehead atoms. The van der Waals surface area contributed by atoms with E-state index in [1.165, 1.54) is 17.3 Å². The molecule has 0 aliphatic heterocycles. The first kappa shape index (κ1) is 19.0. The highest BCUT2D eigenvalue weighted by atomic mass is 32.2. The molecule has 146 valence electrons. The van der Waals surface area contributed by atoms with E-state index in [2.05, 4.69) is 32.6 Å². The smallest absolute Gasteiger partial charge is 0.277 e. The van der Waals surface area contributed by atoms with Crippen molar-refractivity contribution in [2.24, 2.45) is 0 Å². The molecule has 4 aromatic rings. The maximum absolute atomic E-state index is 12.6. The summed E-state index contributed by atoms with van der Waals surface area (Å²) in [5.41, 5.74) is 2.99. The van der Waals surface area contributed by atoms with Crippen molar-refractivity contribution in [3.8, 4) is 11.6 Å². The molecule has 0 radical (unpaired) electrons. The molecular formula is C22H20N4O2S. The van der Waals surface area contributed by atoms with E-state index in [9.17, 15) is 4.79 Å². The molecule has 29 heavy (non-hydrogen) atoms. The van der Waals surface area contributed by atoms with E-state index in [0.717, 1.165) is 17.7 Å². The number of benzene rings is 2. The van der Waals surface area contributed by atoms with E-state index in [-0.39, 0.29) is 17.7 Å². The van der Waals surface area contributed by atoms with Crippen LogP contribution in [0.25, 0.3) is 11.6 Å². The van der Waals surface area contributed by atoms with Crippen molar-refractivity contribution in [1.29, 1.82) is 0 Å². The van der Waals surface area contributed by atoms with Crippen LogP contribution < -0.4 is 5.32 Å². The third-order valence-corrected chi connectivity index (χ3v) is 5.20. The van der Waals surface area contributed by atoms with Crippen molar-refractivity contribution in [3.05, 3.63) is 90.1 Å². The van der Waals surface area contributed by atoms with Gasteiger partial charge in [-0.05, 0) is 29.7 Å². The number of nitrogens with one attached hydrogen (secondary N) is 2. The minimum atomic E-state index is -0.108. The third-order valence-electron chi connectivity index (χ3n) is 4.38. The molecule has 0 aliphatic carbocycles. The van der Waals surface area contributed by atoms with Gasteiger partial charge >= 0.3 is 0 Å². The average molecular weight is 404 g/mol. The summed E-state index contributed by atoms with van der Waals surface area (Å²) in [4.78, 5) is 15.6. The molecule has 2 heterocycles. The Hall–Kier alpha value is -3.32. The Kier molecular flexibility index (Phi) is 6.07. The predicted octanol–water partition coefficient (Wildman–Crippen LogP) is 4.26. The van der Waals surface area contributed by atoms with E-state index >= 15 is 0 Å². The number of nitrogens with zero attached hydrogens (tertiary/aromatic N) is 2. The Morgan fingerprint density at radius 1 is 1.00 bits per heavy atom. The summed E-state index contributed by atoms with van der Waals surface area (Å²) in [6.45, 7) is 0. The van der Waals surface area contributed by atoms with E-state index in [0.29, 0.717) is 11.1 Å². The van der Waals surface area contributed by atoms with Gasteiger partial charge in [0.1, 0.15) is 5.69 Å².